The summed E-state index contributed by atoms with van der Waals surface area (Å²) in [6, 6.07) is 0. The van der Waals surface area contributed by atoms with Gasteiger partial charge in [-0.1, -0.05) is 6.42 Å². The molecule has 108 valence electrons. The van der Waals surface area contributed by atoms with Gasteiger partial charge in [-0.25, -0.2) is 9.78 Å². The predicted molar refractivity (Wildman–Crippen MR) is 83.5 cm³/mol. The van der Waals surface area contributed by atoms with Gasteiger partial charge >= 0.3 is 5.97 Å². The van der Waals surface area contributed by atoms with Crippen LogP contribution in [0.4, 0.5) is 5.13 Å². The topological polar surface area (TPSA) is 51.2 Å². The zero-order valence-corrected chi connectivity index (χ0v) is 13.5. The van der Waals surface area contributed by atoms with Gasteiger partial charge in [0.1, 0.15) is 0 Å². The molecule has 1 N–H and O–H groups in total. The van der Waals surface area contributed by atoms with E-state index in [-0.39, 0.29) is 5.97 Å². The van der Waals surface area contributed by atoms with Crippen LogP contribution in [0.2, 0.25) is 0 Å². The lowest BCUT2D eigenvalue weighted by Crippen LogP contribution is -2.07. The number of hydrogen-bond acceptors (Lipinski definition) is 6. The minimum absolute atomic E-state index is 0.329. The summed E-state index contributed by atoms with van der Waals surface area (Å²) in [6.45, 7) is 4.98. The molecular formula is C13H22N2O2S2. The summed E-state index contributed by atoms with van der Waals surface area (Å²) >= 11 is 3.40. The Morgan fingerprint density at radius 2 is 2.21 bits per heavy atom. The fraction of sp³-hybridized carbons (Fsp3) is 0.692. The number of nitrogens with one attached hydrogen (secondary N) is 1. The van der Waals surface area contributed by atoms with Gasteiger partial charge in [0.05, 0.1) is 6.61 Å². The third kappa shape index (κ3) is 5.82. The second-order valence-electron chi connectivity index (χ2n) is 4.12. The van der Waals surface area contributed by atoms with E-state index >= 15 is 0 Å². The van der Waals surface area contributed by atoms with Crippen molar-refractivity contribution in [2.24, 2.45) is 0 Å². The quantitative estimate of drug-likeness (QED) is 0.558. The highest BCUT2D eigenvalue weighted by atomic mass is 32.2. The van der Waals surface area contributed by atoms with E-state index in [4.69, 9.17) is 4.74 Å². The van der Waals surface area contributed by atoms with Gasteiger partial charge in [0.15, 0.2) is 10.8 Å². The Kier molecular flexibility index (Phi) is 7.90. The van der Waals surface area contributed by atoms with Crippen LogP contribution in [0.25, 0.3) is 0 Å². The maximum atomic E-state index is 11.6. The number of unbranched alkanes of at least 4 members (excludes halogenated alkanes) is 2. The van der Waals surface area contributed by atoms with E-state index in [1.807, 2.05) is 18.7 Å². The average molecular weight is 302 g/mol. The van der Waals surface area contributed by atoms with E-state index in [0.717, 1.165) is 23.0 Å². The number of anilines is 1. The second kappa shape index (κ2) is 9.20. The monoisotopic (exact) mass is 302 g/mol. The Hall–Kier alpha value is -0.750. The third-order valence-electron chi connectivity index (χ3n) is 2.57. The smallest absolute Gasteiger partial charge is 0.358 e. The van der Waals surface area contributed by atoms with Crippen LogP contribution in [0, 0.1) is 6.92 Å². The summed E-state index contributed by atoms with van der Waals surface area (Å²) in [7, 11) is 0. The Bertz CT molecular complexity index is 394. The first-order chi connectivity index (χ1) is 9.19. The molecule has 19 heavy (non-hydrogen) atoms. The highest BCUT2D eigenvalue weighted by Gasteiger charge is 2.15. The van der Waals surface area contributed by atoms with E-state index in [1.54, 1.807) is 6.92 Å². The molecule has 0 aliphatic heterocycles. The van der Waals surface area contributed by atoms with Crippen LogP contribution in [-0.4, -0.2) is 36.1 Å². The highest BCUT2D eigenvalue weighted by Crippen LogP contribution is 2.22. The molecule has 0 radical (unpaired) electrons. The fourth-order valence-corrected chi connectivity index (χ4v) is 2.92. The molecule has 0 atom stereocenters. The molecule has 1 heterocycles. The Labute approximate surface area is 123 Å². The van der Waals surface area contributed by atoms with Crippen LogP contribution >= 0.6 is 23.1 Å². The molecule has 0 aliphatic rings. The number of esters is 1. The summed E-state index contributed by atoms with van der Waals surface area (Å²) in [6.07, 6.45) is 5.75. The van der Waals surface area contributed by atoms with E-state index < -0.39 is 0 Å². The molecule has 0 aromatic carbocycles. The Morgan fingerprint density at radius 3 is 2.89 bits per heavy atom. The van der Waals surface area contributed by atoms with Crippen molar-refractivity contribution in [2.45, 2.75) is 33.1 Å². The Morgan fingerprint density at radius 1 is 1.42 bits per heavy atom. The normalized spacial score (nSPS) is 10.5. The SMILES string of the molecule is CCOC(=O)c1nc(NCCCCCSC)sc1C. The summed E-state index contributed by atoms with van der Waals surface area (Å²) in [5.41, 5.74) is 0.441. The van der Waals surface area contributed by atoms with Crippen LogP contribution in [0.3, 0.4) is 0 Å². The number of hydrogen-bond donors (Lipinski definition) is 1. The second-order valence-corrected chi connectivity index (χ2v) is 6.31. The molecule has 4 nitrogen and oxygen atoms in total. The van der Waals surface area contributed by atoms with Gasteiger partial charge < -0.3 is 10.1 Å². The van der Waals surface area contributed by atoms with Gasteiger partial charge in [-0.2, -0.15) is 11.8 Å². The largest absolute Gasteiger partial charge is 0.461 e. The van der Waals surface area contributed by atoms with Crippen molar-refractivity contribution in [3.8, 4) is 0 Å². The van der Waals surface area contributed by atoms with Gasteiger partial charge in [-0.05, 0) is 38.7 Å². The number of ether oxygens (including phenoxy) is 1. The molecule has 0 unspecified atom stereocenters. The van der Waals surface area contributed by atoms with E-state index in [9.17, 15) is 4.79 Å². The maximum absolute atomic E-state index is 11.6. The van der Waals surface area contributed by atoms with Gasteiger partial charge in [-0.15, -0.1) is 11.3 Å². The number of carbonyl (C=O) groups is 1. The van der Waals surface area contributed by atoms with Crippen molar-refractivity contribution < 1.29 is 9.53 Å². The fourth-order valence-electron chi connectivity index (χ4n) is 1.60. The number of carbonyl (C=O) groups excluding carboxylic acids is 1. The first-order valence-corrected chi connectivity index (χ1v) is 8.77. The van der Waals surface area contributed by atoms with Crippen molar-refractivity contribution >= 4 is 34.2 Å². The van der Waals surface area contributed by atoms with Crippen LogP contribution in [0.5, 0.6) is 0 Å². The van der Waals surface area contributed by atoms with Crippen molar-refractivity contribution in [1.29, 1.82) is 0 Å². The molecule has 1 rings (SSSR count). The van der Waals surface area contributed by atoms with E-state index in [2.05, 4.69) is 16.6 Å². The van der Waals surface area contributed by atoms with Crippen molar-refractivity contribution in [3.05, 3.63) is 10.6 Å². The van der Waals surface area contributed by atoms with Crippen molar-refractivity contribution in [1.82, 2.24) is 4.98 Å². The first-order valence-electron chi connectivity index (χ1n) is 6.56. The van der Waals surface area contributed by atoms with Crippen molar-refractivity contribution in [2.75, 3.05) is 30.5 Å². The summed E-state index contributed by atoms with van der Waals surface area (Å²) in [5.74, 6) is 0.896. The molecule has 0 spiro atoms. The lowest BCUT2D eigenvalue weighted by molar-refractivity contribution is 0.0519. The van der Waals surface area contributed by atoms with Crippen LogP contribution < -0.4 is 5.32 Å². The minimum atomic E-state index is -0.329. The molecule has 0 fully saturated rings. The zero-order chi connectivity index (χ0) is 14.1. The number of aryl methyl sites for hydroxylation is 1. The number of thiazole rings is 1. The number of aromatic nitrogens is 1. The molecule has 1 aromatic rings. The predicted octanol–water partition coefficient (Wildman–Crippen LogP) is 3.57. The van der Waals surface area contributed by atoms with Crippen molar-refractivity contribution in [3.63, 3.8) is 0 Å². The average Bonchev–Trinajstić information content (AvgIpc) is 2.75. The lowest BCUT2D eigenvalue weighted by Gasteiger charge is -2.02. The lowest BCUT2D eigenvalue weighted by atomic mass is 10.2. The van der Waals surface area contributed by atoms with Gasteiger partial charge in [-0.3, -0.25) is 0 Å². The van der Waals surface area contributed by atoms with Gasteiger partial charge in [0, 0.05) is 11.4 Å². The Balaban J connectivity index is 2.35. The summed E-state index contributed by atoms with van der Waals surface area (Å²) in [4.78, 5) is 16.8. The van der Waals surface area contributed by atoms with E-state index in [1.165, 1.54) is 29.9 Å². The number of rotatable bonds is 9. The number of nitrogens with zero attached hydrogens (tertiary/aromatic N) is 1. The van der Waals surface area contributed by atoms with Crippen LogP contribution in [-0.2, 0) is 4.74 Å². The molecule has 1 aromatic heterocycles. The third-order valence-corrected chi connectivity index (χ3v) is 4.19. The first kappa shape index (κ1) is 16.3. The van der Waals surface area contributed by atoms with Crippen LogP contribution in [0.15, 0.2) is 0 Å². The standard InChI is InChI=1S/C13H22N2O2S2/c1-4-17-12(16)11-10(2)19-13(15-11)14-8-6-5-7-9-18-3/h4-9H2,1-3H3,(H,14,15). The van der Waals surface area contributed by atoms with E-state index in [0.29, 0.717) is 12.3 Å². The molecular weight excluding hydrogens is 280 g/mol. The number of thioether (sulfide) groups is 1. The minimum Gasteiger partial charge on any atom is -0.461 e. The zero-order valence-electron chi connectivity index (χ0n) is 11.8. The highest BCUT2D eigenvalue weighted by molar-refractivity contribution is 7.98. The summed E-state index contributed by atoms with van der Waals surface area (Å²) in [5, 5.41) is 4.08. The molecule has 0 bridgehead atoms. The molecule has 0 saturated heterocycles. The molecule has 0 aliphatic carbocycles. The van der Waals surface area contributed by atoms with Crippen LogP contribution in [0.1, 0.15) is 41.6 Å². The molecule has 0 saturated carbocycles. The molecule has 6 heteroatoms. The molecule has 0 amide bonds. The summed E-state index contributed by atoms with van der Waals surface area (Å²) < 4.78 is 4.97. The van der Waals surface area contributed by atoms with Gasteiger partial charge in [0.2, 0.25) is 0 Å². The maximum Gasteiger partial charge on any atom is 0.358 e. The van der Waals surface area contributed by atoms with Gasteiger partial charge in [0.25, 0.3) is 0 Å².